The summed E-state index contributed by atoms with van der Waals surface area (Å²) in [5.41, 5.74) is 0.387. The zero-order valence-electron chi connectivity index (χ0n) is 5.68. The molecule has 0 radical (unpaired) electrons. The number of hydrogen-bond acceptors (Lipinski definition) is 4. The average molecular weight is 150 g/mol. The highest BCUT2D eigenvalue weighted by Gasteiger charge is 2.08. The van der Waals surface area contributed by atoms with Gasteiger partial charge in [0.2, 0.25) is 0 Å². The van der Waals surface area contributed by atoms with Crippen molar-refractivity contribution in [1.29, 1.82) is 0 Å². The standard InChI is InChI=1S/C7H6N2O2/c10-4-6(5-11)7-3-8-1-2-9-7/h1-6H. The van der Waals surface area contributed by atoms with Crippen LogP contribution in [0.4, 0.5) is 0 Å². The SMILES string of the molecule is O=CC(C=O)c1cnccn1. The van der Waals surface area contributed by atoms with Crippen LogP contribution in [0.25, 0.3) is 0 Å². The maximum absolute atomic E-state index is 10.2. The molecule has 1 heterocycles. The molecule has 0 spiro atoms. The molecule has 0 aliphatic carbocycles. The molecule has 4 nitrogen and oxygen atoms in total. The highest BCUT2D eigenvalue weighted by Crippen LogP contribution is 2.03. The Kier molecular flexibility index (Phi) is 2.43. The van der Waals surface area contributed by atoms with Crippen LogP contribution in [0.5, 0.6) is 0 Å². The highest BCUT2D eigenvalue weighted by molar-refractivity contribution is 5.84. The van der Waals surface area contributed by atoms with E-state index in [1.807, 2.05) is 0 Å². The molecular formula is C7H6N2O2. The molecule has 56 valence electrons. The monoisotopic (exact) mass is 150 g/mol. The van der Waals surface area contributed by atoms with Gasteiger partial charge < -0.3 is 9.59 Å². The average Bonchev–Trinajstić information content (AvgIpc) is 2.09. The van der Waals surface area contributed by atoms with Gasteiger partial charge in [0.05, 0.1) is 5.69 Å². The third kappa shape index (κ3) is 1.67. The second-order valence-corrected chi connectivity index (χ2v) is 1.93. The van der Waals surface area contributed by atoms with E-state index in [0.717, 1.165) is 0 Å². The Balaban J connectivity index is 2.90. The topological polar surface area (TPSA) is 59.9 Å². The molecule has 4 heteroatoms. The van der Waals surface area contributed by atoms with Crippen LogP contribution in [0.15, 0.2) is 18.6 Å². The molecule has 1 aromatic rings. The molecule has 0 aromatic carbocycles. The van der Waals surface area contributed by atoms with Gasteiger partial charge in [-0.3, -0.25) is 9.97 Å². The molecule has 0 aliphatic rings. The van der Waals surface area contributed by atoms with Gasteiger partial charge in [-0.05, 0) is 0 Å². The van der Waals surface area contributed by atoms with Gasteiger partial charge >= 0.3 is 0 Å². The molecule has 1 rings (SSSR count). The second-order valence-electron chi connectivity index (χ2n) is 1.93. The number of aldehydes is 2. The summed E-state index contributed by atoms with van der Waals surface area (Å²) in [7, 11) is 0. The molecule has 0 aliphatic heterocycles. The third-order valence-corrected chi connectivity index (χ3v) is 1.22. The normalized spacial score (nSPS) is 9.55. The number of carbonyl (C=O) groups excluding carboxylic acids is 2. The quantitative estimate of drug-likeness (QED) is 0.448. The highest BCUT2D eigenvalue weighted by atomic mass is 16.1. The predicted octanol–water partition coefficient (Wildman–Crippen LogP) is -0.0420. The lowest BCUT2D eigenvalue weighted by molar-refractivity contribution is -0.116. The van der Waals surface area contributed by atoms with Crippen LogP contribution in [-0.4, -0.2) is 22.5 Å². The Morgan fingerprint density at radius 2 is 2.00 bits per heavy atom. The summed E-state index contributed by atoms with van der Waals surface area (Å²) in [4.78, 5) is 28.0. The van der Waals surface area contributed by atoms with E-state index in [-0.39, 0.29) is 0 Å². The number of nitrogens with zero attached hydrogens (tertiary/aromatic N) is 2. The minimum atomic E-state index is -0.774. The van der Waals surface area contributed by atoms with Crippen LogP contribution in [0, 0.1) is 0 Å². The van der Waals surface area contributed by atoms with Crippen molar-refractivity contribution >= 4 is 12.6 Å². The van der Waals surface area contributed by atoms with E-state index in [1.54, 1.807) is 0 Å². The van der Waals surface area contributed by atoms with Crippen molar-refractivity contribution in [3.63, 3.8) is 0 Å². The molecule has 0 fully saturated rings. The summed E-state index contributed by atoms with van der Waals surface area (Å²) in [6.07, 6.45) is 5.40. The van der Waals surface area contributed by atoms with Crippen molar-refractivity contribution in [3.05, 3.63) is 24.3 Å². The summed E-state index contributed by atoms with van der Waals surface area (Å²) in [6.45, 7) is 0. The van der Waals surface area contributed by atoms with Crippen molar-refractivity contribution in [2.45, 2.75) is 5.92 Å². The van der Waals surface area contributed by atoms with E-state index in [9.17, 15) is 9.59 Å². The Morgan fingerprint density at radius 3 is 2.45 bits per heavy atom. The largest absolute Gasteiger partial charge is 0.302 e. The van der Waals surface area contributed by atoms with Crippen molar-refractivity contribution in [3.8, 4) is 0 Å². The van der Waals surface area contributed by atoms with Gasteiger partial charge in [-0.25, -0.2) is 0 Å². The predicted molar refractivity (Wildman–Crippen MR) is 36.9 cm³/mol. The molecular weight excluding hydrogens is 144 g/mol. The summed E-state index contributed by atoms with van der Waals surface area (Å²) >= 11 is 0. The zero-order chi connectivity index (χ0) is 8.10. The first-order valence-corrected chi connectivity index (χ1v) is 3.05. The van der Waals surface area contributed by atoms with Gasteiger partial charge in [0.15, 0.2) is 0 Å². The fourth-order valence-electron chi connectivity index (χ4n) is 0.654. The lowest BCUT2D eigenvalue weighted by Crippen LogP contribution is -2.03. The smallest absolute Gasteiger partial charge is 0.136 e. The summed E-state index contributed by atoms with van der Waals surface area (Å²) in [5, 5.41) is 0. The summed E-state index contributed by atoms with van der Waals surface area (Å²) < 4.78 is 0. The second kappa shape index (κ2) is 3.55. The Hall–Kier alpha value is -1.58. The van der Waals surface area contributed by atoms with E-state index in [1.165, 1.54) is 18.6 Å². The van der Waals surface area contributed by atoms with Crippen molar-refractivity contribution in [1.82, 2.24) is 9.97 Å². The van der Waals surface area contributed by atoms with Crippen LogP contribution < -0.4 is 0 Å². The fourth-order valence-corrected chi connectivity index (χ4v) is 0.654. The first kappa shape index (κ1) is 7.53. The number of rotatable bonds is 3. The Morgan fingerprint density at radius 1 is 1.27 bits per heavy atom. The fraction of sp³-hybridized carbons (Fsp3) is 0.143. The molecule has 0 unspecified atom stereocenters. The Labute approximate surface area is 63.3 Å². The van der Waals surface area contributed by atoms with Crippen LogP contribution in [0.1, 0.15) is 11.6 Å². The van der Waals surface area contributed by atoms with Crippen LogP contribution in [-0.2, 0) is 9.59 Å². The van der Waals surface area contributed by atoms with Crippen LogP contribution in [0.2, 0.25) is 0 Å². The zero-order valence-corrected chi connectivity index (χ0v) is 5.68. The maximum atomic E-state index is 10.2. The molecule has 0 saturated heterocycles. The number of hydrogen-bond donors (Lipinski definition) is 0. The van der Waals surface area contributed by atoms with E-state index < -0.39 is 5.92 Å². The van der Waals surface area contributed by atoms with Gasteiger partial charge in [0, 0.05) is 18.6 Å². The molecule has 0 atom stereocenters. The van der Waals surface area contributed by atoms with E-state index >= 15 is 0 Å². The van der Waals surface area contributed by atoms with Crippen molar-refractivity contribution in [2.75, 3.05) is 0 Å². The third-order valence-electron chi connectivity index (χ3n) is 1.22. The van der Waals surface area contributed by atoms with Gasteiger partial charge in [-0.15, -0.1) is 0 Å². The van der Waals surface area contributed by atoms with Crippen LogP contribution in [0.3, 0.4) is 0 Å². The van der Waals surface area contributed by atoms with Crippen LogP contribution >= 0.6 is 0 Å². The lowest BCUT2D eigenvalue weighted by atomic mass is 10.1. The molecule has 1 aromatic heterocycles. The molecule has 0 saturated carbocycles. The molecule has 0 N–H and O–H groups in total. The maximum Gasteiger partial charge on any atom is 0.136 e. The van der Waals surface area contributed by atoms with Crippen molar-refractivity contribution < 1.29 is 9.59 Å². The summed E-state index contributed by atoms with van der Waals surface area (Å²) in [6, 6.07) is 0. The van der Waals surface area contributed by atoms with Gasteiger partial charge in [0.1, 0.15) is 18.5 Å². The van der Waals surface area contributed by atoms with Crippen molar-refractivity contribution in [2.24, 2.45) is 0 Å². The van der Waals surface area contributed by atoms with E-state index in [2.05, 4.69) is 9.97 Å². The van der Waals surface area contributed by atoms with Gasteiger partial charge in [-0.2, -0.15) is 0 Å². The van der Waals surface area contributed by atoms with E-state index in [4.69, 9.17) is 0 Å². The van der Waals surface area contributed by atoms with E-state index in [0.29, 0.717) is 18.3 Å². The molecule has 0 bridgehead atoms. The number of carbonyl (C=O) groups is 2. The summed E-state index contributed by atoms with van der Waals surface area (Å²) in [5.74, 6) is -0.774. The van der Waals surface area contributed by atoms with Gasteiger partial charge in [0.25, 0.3) is 0 Å². The minimum Gasteiger partial charge on any atom is -0.302 e. The van der Waals surface area contributed by atoms with Gasteiger partial charge in [-0.1, -0.05) is 0 Å². The molecule has 11 heavy (non-hydrogen) atoms. The first-order valence-electron chi connectivity index (χ1n) is 3.05. The minimum absolute atomic E-state index is 0.387. The lowest BCUT2D eigenvalue weighted by Gasteiger charge is -1.97. The first-order chi connectivity index (χ1) is 5.38. The Bertz CT molecular complexity index is 240. The number of aromatic nitrogens is 2. The molecule has 0 amide bonds.